The van der Waals surface area contributed by atoms with Gasteiger partial charge in [0.15, 0.2) is 11.5 Å². The number of rotatable bonds is 6. The van der Waals surface area contributed by atoms with Crippen LogP contribution in [0.5, 0.6) is 11.5 Å². The van der Waals surface area contributed by atoms with Gasteiger partial charge in [-0.15, -0.1) is 0 Å². The van der Waals surface area contributed by atoms with Crippen LogP contribution in [0, 0.1) is 0 Å². The van der Waals surface area contributed by atoms with Crippen LogP contribution in [0.4, 0.5) is 0 Å². The maximum Gasteiger partial charge on any atom is 0.453 e. The average molecular weight is 783 g/mol. The Morgan fingerprint density at radius 1 is 0.404 bits per heavy atom. The summed E-state index contributed by atoms with van der Waals surface area (Å²) in [6, 6.07) is 55.3. The monoisotopic (exact) mass is 782 g/mol. The van der Waals surface area contributed by atoms with E-state index < -0.39 is 16.5 Å². The van der Waals surface area contributed by atoms with Crippen molar-refractivity contribution in [3.63, 3.8) is 0 Å². The van der Waals surface area contributed by atoms with E-state index in [9.17, 15) is 0 Å². The van der Waals surface area contributed by atoms with Crippen molar-refractivity contribution in [3.8, 4) is 11.5 Å². The summed E-state index contributed by atoms with van der Waals surface area (Å²) in [5.41, 5.74) is 3.44. The Balaban J connectivity index is 1.06. The van der Waals surface area contributed by atoms with Gasteiger partial charge in [-0.05, 0) is 73.4 Å². The normalized spacial score (nSPS) is 11.7. The summed E-state index contributed by atoms with van der Waals surface area (Å²) in [6.07, 6.45) is 0. The number of ether oxygens (including phenoxy) is 1. The predicted molar refractivity (Wildman–Crippen MR) is 232 cm³/mol. The number of fused-ring (bicyclic) bond motifs is 14. The van der Waals surface area contributed by atoms with E-state index >= 15 is 0 Å². The molecular weight excluding hydrogens is 750 g/mol. The van der Waals surface area contributed by atoms with Gasteiger partial charge in [-0.3, -0.25) is 4.52 Å². The zero-order valence-corrected chi connectivity index (χ0v) is 32.3. The first-order chi connectivity index (χ1) is 28.2. The van der Waals surface area contributed by atoms with Gasteiger partial charge in [0.2, 0.25) is 0 Å². The van der Waals surface area contributed by atoms with Crippen molar-refractivity contribution in [1.29, 1.82) is 0 Å². The molecule has 0 saturated heterocycles. The first-order valence-corrected chi connectivity index (χ1v) is 20.8. The fraction of sp³-hybridized carbons (Fsp3) is 0.0417. The van der Waals surface area contributed by atoms with Gasteiger partial charge in [-0.25, -0.2) is 0 Å². The van der Waals surface area contributed by atoms with Crippen LogP contribution in [0.2, 0.25) is 0 Å². The summed E-state index contributed by atoms with van der Waals surface area (Å²) >= 11 is 0. The summed E-state index contributed by atoms with van der Waals surface area (Å²) in [5.74, 6) is 0.955. The molecule has 0 bridgehead atoms. The molecule has 0 aliphatic heterocycles. The Bertz CT molecular complexity index is 3270. The van der Waals surface area contributed by atoms with E-state index in [1.165, 1.54) is 0 Å². The van der Waals surface area contributed by atoms with Gasteiger partial charge in [-0.1, -0.05) is 133 Å². The van der Waals surface area contributed by atoms with Gasteiger partial charge in [0.05, 0.1) is 13.7 Å². The third kappa shape index (κ3) is 5.79. The standard InChI is InChI=1S/C48H32O7P2/c1-49-43-20-10-15-34(29-50-56-51-39-25-21-30-11-2-6-16-35(30)44(39)45-36-17-7-3-12-31(36)22-26-40(45)52-56)48(43)55-57-53-41-27-23-32-13-4-8-18-37(32)46(41)47-38-19-9-5-14-33(38)24-28-42(47)54-57/h2-28H,29H2,1H3. The molecule has 9 aromatic carbocycles. The molecule has 11 aromatic rings. The number of hydrogen-bond donors (Lipinski definition) is 0. The minimum Gasteiger partial charge on any atom is -0.493 e. The molecule has 9 heteroatoms. The molecule has 0 aliphatic rings. The van der Waals surface area contributed by atoms with Crippen molar-refractivity contribution in [1.82, 2.24) is 0 Å². The fourth-order valence-electron chi connectivity index (χ4n) is 7.93. The second-order valence-corrected chi connectivity index (χ2v) is 15.8. The van der Waals surface area contributed by atoms with Crippen LogP contribution in [0.3, 0.4) is 0 Å². The van der Waals surface area contributed by atoms with E-state index in [0.717, 1.165) is 64.6 Å². The summed E-state index contributed by atoms with van der Waals surface area (Å²) in [7, 11) is -2.32. The van der Waals surface area contributed by atoms with Crippen LogP contribution in [-0.4, -0.2) is 7.11 Å². The molecule has 0 amide bonds. The topological polar surface area (TPSA) is 80.2 Å². The van der Waals surface area contributed by atoms with Crippen molar-refractivity contribution < 1.29 is 30.6 Å². The maximum absolute atomic E-state index is 6.74. The summed E-state index contributed by atoms with van der Waals surface area (Å²) in [6.45, 7) is 0.0929. The number of hydrogen-bond acceptors (Lipinski definition) is 7. The Kier molecular flexibility index (Phi) is 8.18. The lowest BCUT2D eigenvalue weighted by Gasteiger charge is -2.12. The first-order valence-electron chi connectivity index (χ1n) is 18.6. The summed E-state index contributed by atoms with van der Waals surface area (Å²) < 4.78 is 45.8. The Morgan fingerprint density at radius 2 is 0.789 bits per heavy atom. The van der Waals surface area contributed by atoms with Crippen molar-refractivity contribution in [2.75, 3.05) is 7.11 Å². The van der Waals surface area contributed by atoms with Gasteiger partial charge in [0.1, 0.15) is 22.3 Å². The maximum atomic E-state index is 6.74. The number of para-hydroxylation sites is 1. The van der Waals surface area contributed by atoms with Crippen LogP contribution in [0.1, 0.15) is 5.56 Å². The zero-order valence-electron chi connectivity index (χ0n) is 30.5. The molecule has 0 atom stereocenters. The second-order valence-electron chi connectivity index (χ2n) is 13.8. The highest BCUT2D eigenvalue weighted by atomic mass is 31.1. The van der Waals surface area contributed by atoms with Crippen LogP contribution in [0.25, 0.3) is 87.0 Å². The molecule has 11 rings (SSSR count). The van der Waals surface area contributed by atoms with Gasteiger partial charge < -0.3 is 26.0 Å². The number of benzene rings is 9. The molecule has 0 spiro atoms. The highest BCUT2D eigenvalue weighted by Crippen LogP contribution is 2.46. The van der Waals surface area contributed by atoms with E-state index in [1.807, 2.05) is 91.0 Å². The lowest BCUT2D eigenvalue weighted by molar-refractivity contribution is 0.350. The third-order valence-electron chi connectivity index (χ3n) is 10.5. The van der Waals surface area contributed by atoms with E-state index in [2.05, 4.69) is 72.8 Å². The van der Waals surface area contributed by atoms with Crippen molar-refractivity contribution in [2.24, 2.45) is 0 Å². The predicted octanol–water partition coefficient (Wildman–Crippen LogP) is 15.0. The lowest BCUT2D eigenvalue weighted by atomic mass is 9.99. The molecule has 2 aromatic heterocycles. The molecule has 0 N–H and O–H groups in total. The van der Waals surface area contributed by atoms with Crippen LogP contribution in [0.15, 0.2) is 181 Å². The van der Waals surface area contributed by atoms with Crippen molar-refractivity contribution in [2.45, 2.75) is 6.61 Å². The molecule has 0 unspecified atom stereocenters. The number of methoxy groups -OCH3 is 1. The van der Waals surface area contributed by atoms with Crippen molar-refractivity contribution >= 4 is 103 Å². The van der Waals surface area contributed by atoms with E-state index in [1.54, 1.807) is 7.11 Å². The van der Waals surface area contributed by atoms with E-state index in [4.69, 9.17) is 30.6 Å². The Labute approximate surface area is 327 Å². The van der Waals surface area contributed by atoms with Crippen LogP contribution in [-0.2, 0) is 6.61 Å². The first kappa shape index (κ1) is 33.7. The molecule has 0 fully saturated rings. The smallest absolute Gasteiger partial charge is 0.453 e. The Morgan fingerprint density at radius 3 is 1.19 bits per heavy atom. The van der Waals surface area contributed by atoms with Gasteiger partial charge in [-0.2, -0.15) is 0 Å². The molecule has 57 heavy (non-hydrogen) atoms. The van der Waals surface area contributed by atoms with Gasteiger partial charge in [0, 0.05) is 27.1 Å². The third-order valence-corrected chi connectivity index (χ3v) is 12.6. The molecule has 0 aliphatic carbocycles. The molecule has 0 radical (unpaired) electrons. The average Bonchev–Trinajstić information content (AvgIpc) is 3.54. The molecular formula is C48H32O7P2. The Hall–Kier alpha value is -6.62. The van der Waals surface area contributed by atoms with Crippen molar-refractivity contribution in [3.05, 3.63) is 169 Å². The quantitative estimate of drug-likeness (QED) is 0.166. The van der Waals surface area contributed by atoms with E-state index in [0.29, 0.717) is 39.4 Å². The van der Waals surface area contributed by atoms with Gasteiger partial charge in [0.25, 0.3) is 0 Å². The molecule has 7 nitrogen and oxygen atoms in total. The molecule has 0 saturated carbocycles. The fourth-order valence-corrected chi connectivity index (χ4v) is 10.0. The van der Waals surface area contributed by atoms with Crippen LogP contribution < -0.4 is 13.8 Å². The highest BCUT2D eigenvalue weighted by molar-refractivity contribution is 7.32. The molecule has 2 heterocycles. The lowest BCUT2D eigenvalue weighted by Crippen LogP contribution is -1.98. The zero-order chi connectivity index (χ0) is 37.9. The SMILES string of the molecule is COc1cccc(COp2oc3ccc4ccccc4c3c3c(ccc4ccccc43)o2)c1Op1oc2ccc3ccccc3c2c2c(ccc3ccccc32)o1. The molecule has 276 valence electrons. The largest absolute Gasteiger partial charge is 0.493 e. The minimum atomic E-state index is -2.02. The van der Waals surface area contributed by atoms with E-state index in [-0.39, 0.29) is 6.61 Å². The second kappa shape index (κ2) is 13.8. The minimum absolute atomic E-state index is 0.0929. The summed E-state index contributed by atoms with van der Waals surface area (Å²) in [4.78, 5) is 0. The highest BCUT2D eigenvalue weighted by Gasteiger charge is 2.20. The van der Waals surface area contributed by atoms with Crippen LogP contribution >= 0.6 is 16.5 Å². The summed E-state index contributed by atoms with van der Waals surface area (Å²) in [5, 5.41) is 12.6. The van der Waals surface area contributed by atoms with Gasteiger partial charge >= 0.3 is 16.5 Å².